The first kappa shape index (κ1) is 10.1. The Kier molecular flexibility index (Phi) is 3.19. The Balaban J connectivity index is 4.46. The van der Waals surface area contributed by atoms with E-state index >= 15 is 0 Å². The molecule has 0 saturated carbocycles. The molecule has 64 valence electrons. The second kappa shape index (κ2) is 3.48. The van der Waals surface area contributed by atoms with Gasteiger partial charge in [0.15, 0.2) is 0 Å². The smallest absolute Gasteiger partial charge is 0.121 e. The van der Waals surface area contributed by atoms with Crippen LogP contribution in [0.15, 0.2) is 4.99 Å². The Morgan fingerprint density at radius 2 is 2.00 bits per heavy atom. The van der Waals surface area contributed by atoms with Crippen molar-refractivity contribution in [2.24, 2.45) is 10.7 Å². The molecule has 0 saturated heterocycles. The summed E-state index contributed by atoms with van der Waals surface area (Å²) in [5.41, 5.74) is 5.28. The normalized spacial score (nSPS) is 13.3. The van der Waals surface area contributed by atoms with Crippen LogP contribution in [0.3, 0.4) is 0 Å². The van der Waals surface area contributed by atoms with Crippen LogP contribution in [-0.4, -0.2) is 24.3 Å². The standard InChI is InChI=1S/C7H16N4/c1-5(8)11-6(9)7(2,3)10-4/h10H,1-4H3,(H3,8,9,11). The highest BCUT2D eigenvalue weighted by atomic mass is 15.0. The minimum absolute atomic E-state index is 0.228. The lowest BCUT2D eigenvalue weighted by atomic mass is 10.1. The van der Waals surface area contributed by atoms with Crippen molar-refractivity contribution in [1.29, 1.82) is 5.41 Å². The lowest BCUT2D eigenvalue weighted by Gasteiger charge is -2.22. The molecule has 0 unspecified atom stereocenters. The summed E-state index contributed by atoms with van der Waals surface area (Å²) >= 11 is 0. The first-order valence-electron chi connectivity index (χ1n) is 3.49. The molecule has 0 aromatic carbocycles. The number of likely N-dealkylation sites (N-methyl/N-ethyl adjacent to an activating group) is 1. The Bertz CT molecular complexity index is 181. The number of nitrogens with two attached hydrogens (primary N) is 1. The van der Waals surface area contributed by atoms with Crippen molar-refractivity contribution in [3.8, 4) is 0 Å². The highest BCUT2D eigenvalue weighted by molar-refractivity contribution is 5.98. The van der Waals surface area contributed by atoms with Gasteiger partial charge in [-0.15, -0.1) is 0 Å². The van der Waals surface area contributed by atoms with Crippen molar-refractivity contribution in [3.05, 3.63) is 0 Å². The lowest BCUT2D eigenvalue weighted by Crippen LogP contribution is -2.49. The first-order valence-corrected chi connectivity index (χ1v) is 3.49. The molecule has 0 fully saturated rings. The van der Waals surface area contributed by atoms with E-state index in [0.29, 0.717) is 5.84 Å². The first-order chi connectivity index (χ1) is 4.90. The molecule has 4 N–H and O–H groups in total. The summed E-state index contributed by atoms with van der Waals surface area (Å²) in [5.74, 6) is 0.665. The summed E-state index contributed by atoms with van der Waals surface area (Å²) in [4.78, 5) is 3.84. The molecule has 0 atom stereocenters. The minimum Gasteiger partial charge on any atom is -0.386 e. The Morgan fingerprint density at radius 1 is 1.55 bits per heavy atom. The number of nitrogens with zero attached hydrogens (tertiary/aromatic N) is 1. The zero-order chi connectivity index (χ0) is 9.07. The number of nitrogens with one attached hydrogen (secondary N) is 2. The van der Waals surface area contributed by atoms with Crippen LogP contribution in [0.4, 0.5) is 0 Å². The van der Waals surface area contributed by atoms with Gasteiger partial charge in [-0.25, -0.2) is 4.99 Å². The van der Waals surface area contributed by atoms with E-state index in [1.54, 1.807) is 6.92 Å². The van der Waals surface area contributed by atoms with E-state index in [2.05, 4.69) is 10.3 Å². The molecular weight excluding hydrogens is 140 g/mol. The van der Waals surface area contributed by atoms with Gasteiger partial charge in [-0.1, -0.05) is 0 Å². The molecule has 0 aliphatic heterocycles. The van der Waals surface area contributed by atoms with Crippen LogP contribution in [0.25, 0.3) is 0 Å². The summed E-state index contributed by atoms with van der Waals surface area (Å²) in [7, 11) is 1.81. The third-order valence-corrected chi connectivity index (χ3v) is 1.55. The van der Waals surface area contributed by atoms with Crippen LogP contribution >= 0.6 is 0 Å². The van der Waals surface area contributed by atoms with Gasteiger partial charge in [-0.3, -0.25) is 5.41 Å². The van der Waals surface area contributed by atoms with E-state index in [9.17, 15) is 0 Å². The van der Waals surface area contributed by atoms with Crippen molar-refractivity contribution in [2.45, 2.75) is 26.3 Å². The van der Waals surface area contributed by atoms with E-state index < -0.39 is 0 Å². The van der Waals surface area contributed by atoms with Crippen LogP contribution in [0, 0.1) is 5.41 Å². The van der Waals surface area contributed by atoms with Crippen molar-refractivity contribution in [2.75, 3.05) is 7.05 Å². The van der Waals surface area contributed by atoms with Gasteiger partial charge in [0.1, 0.15) is 11.7 Å². The van der Waals surface area contributed by atoms with E-state index in [1.165, 1.54) is 0 Å². The number of rotatable bonds is 2. The molecular formula is C7H16N4. The Morgan fingerprint density at radius 3 is 2.27 bits per heavy atom. The van der Waals surface area contributed by atoms with E-state index in [4.69, 9.17) is 11.1 Å². The molecule has 0 aromatic rings. The predicted octanol–water partition coefficient (Wildman–Crippen LogP) is 0.339. The fourth-order valence-electron chi connectivity index (χ4n) is 0.449. The van der Waals surface area contributed by atoms with Gasteiger partial charge in [-0.2, -0.15) is 0 Å². The molecule has 0 aromatic heterocycles. The van der Waals surface area contributed by atoms with E-state index in [1.807, 2.05) is 20.9 Å². The summed E-state index contributed by atoms with van der Waals surface area (Å²) in [6.07, 6.45) is 0. The van der Waals surface area contributed by atoms with Gasteiger partial charge in [0.25, 0.3) is 0 Å². The number of aliphatic imine (C=N–C) groups is 1. The SMILES string of the molecule is CNC(C)(C)C(N)=NC(C)=N. The van der Waals surface area contributed by atoms with Gasteiger partial charge in [0.05, 0.1) is 5.54 Å². The van der Waals surface area contributed by atoms with Crippen LogP contribution in [0.5, 0.6) is 0 Å². The molecule has 4 nitrogen and oxygen atoms in total. The van der Waals surface area contributed by atoms with Gasteiger partial charge in [-0.05, 0) is 27.8 Å². The van der Waals surface area contributed by atoms with Crippen molar-refractivity contribution in [3.63, 3.8) is 0 Å². The average Bonchev–Trinajstić information content (AvgIpc) is 1.86. The summed E-state index contributed by atoms with van der Waals surface area (Å²) in [6.45, 7) is 5.42. The van der Waals surface area contributed by atoms with Crippen LogP contribution in [-0.2, 0) is 0 Å². The zero-order valence-corrected chi connectivity index (χ0v) is 7.52. The Hall–Kier alpha value is -0.900. The van der Waals surface area contributed by atoms with Gasteiger partial charge in [0, 0.05) is 0 Å². The third kappa shape index (κ3) is 3.13. The molecule has 0 spiro atoms. The maximum Gasteiger partial charge on any atom is 0.121 e. The van der Waals surface area contributed by atoms with E-state index in [-0.39, 0.29) is 11.4 Å². The van der Waals surface area contributed by atoms with Gasteiger partial charge >= 0.3 is 0 Å². The molecule has 0 aliphatic carbocycles. The molecule has 4 heteroatoms. The Labute approximate surface area is 67.4 Å². The summed E-state index contributed by atoms with van der Waals surface area (Å²) in [6, 6.07) is 0. The second-order valence-corrected chi connectivity index (χ2v) is 2.96. The molecule has 0 radical (unpaired) electrons. The number of hydrogen-bond donors (Lipinski definition) is 3. The fraction of sp³-hybridized carbons (Fsp3) is 0.714. The second-order valence-electron chi connectivity index (χ2n) is 2.96. The largest absolute Gasteiger partial charge is 0.386 e. The minimum atomic E-state index is -0.331. The molecule has 0 bridgehead atoms. The zero-order valence-electron chi connectivity index (χ0n) is 7.52. The monoisotopic (exact) mass is 156 g/mol. The van der Waals surface area contributed by atoms with Gasteiger partial charge in [0.2, 0.25) is 0 Å². The molecule has 11 heavy (non-hydrogen) atoms. The van der Waals surface area contributed by atoms with Crippen LogP contribution in [0.2, 0.25) is 0 Å². The molecule has 0 rings (SSSR count). The topological polar surface area (TPSA) is 74.3 Å². The molecule has 0 aliphatic rings. The lowest BCUT2D eigenvalue weighted by molar-refractivity contribution is 0.559. The van der Waals surface area contributed by atoms with Gasteiger partial charge < -0.3 is 11.1 Å². The summed E-state index contributed by atoms with van der Waals surface area (Å²) < 4.78 is 0. The van der Waals surface area contributed by atoms with Crippen molar-refractivity contribution in [1.82, 2.24) is 5.32 Å². The fourth-order valence-corrected chi connectivity index (χ4v) is 0.449. The molecule has 0 amide bonds. The van der Waals surface area contributed by atoms with E-state index in [0.717, 1.165) is 0 Å². The average molecular weight is 156 g/mol. The maximum atomic E-state index is 7.08. The van der Waals surface area contributed by atoms with Crippen molar-refractivity contribution < 1.29 is 0 Å². The van der Waals surface area contributed by atoms with Crippen LogP contribution < -0.4 is 11.1 Å². The number of amidine groups is 2. The highest BCUT2D eigenvalue weighted by Gasteiger charge is 2.19. The number of hydrogen-bond acceptors (Lipinski definition) is 2. The third-order valence-electron chi connectivity index (χ3n) is 1.55. The van der Waals surface area contributed by atoms with Crippen LogP contribution in [0.1, 0.15) is 20.8 Å². The highest BCUT2D eigenvalue weighted by Crippen LogP contribution is 2.00. The maximum absolute atomic E-state index is 7.08. The van der Waals surface area contributed by atoms with Crippen molar-refractivity contribution >= 4 is 11.7 Å². The molecule has 0 heterocycles. The summed E-state index contributed by atoms with van der Waals surface area (Å²) in [5, 5.41) is 10.1. The predicted molar refractivity (Wildman–Crippen MR) is 48.2 cm³/mol. The quantitative estimate of drug-likeness (QED) is 0.398.